The van der Waals surface area contributed by atoms with Crippen LogP contribution in [0, 0.1) is 0 Å². The number of rotatable bonds is 11. The van der Waals surface area contributed by atoms with Gasteiger partial charge in [-0.1, -0.05) is 30.3 Å². The molecule has 48 heavy (non-hydrogen) atoms. The van der Waals surface area contributed by atoms with Crippen molar-refractivity contribution in [2.24, 2.45) is 11.5 Å². The maximum atomic E-state index is 13.9. The Balaban J connectivity index is 1.68. The van der Waals surface area contributed by atoms with Crippen LogP contribution < -0.4 is 16.8 Å². The third kappa shape index (κ3) is 8.74. The molecule has 4 rings (SSSR count). The van der Waals surface area contributed by atoms with E-state index in [1.165, 1.54) is 9.80 Å². The van der Waals surface area contributed by atoms with E-state index in [1.807, 2.05) is 0 Å². The molecular weight excluding hydrogens is 650 g/mol. The van der Waals surface area contributed by atoms with E-state index in [0.29, 0.717) is 31.5 Å². The van der Waals surface area contributed by atoms with Gasteiger partial charge in [0.15, 0.2) is 0 Å². The molecule has 2 heterocycles. The number of fused-ring (bicyclic) bond motifs is 1. The van der Waals surface area contributed by atoms with Crippen LogP contribution >= 0.6 is 0 Å². The number of alkyl halides is 6. The second kappa shape index (κ2) is 15.2. The highest BCUT2D eigenvalue weighted by Crippen LogP contribution is 2.37. The summed E-state index contributed by atoms with van der Waals surface area (Å²) < 4.78 is 85.8. The molecule has 2 aromatic rings. The van der Waals surface area contributed by atoms with Crippen molar-refractivity contribution in [2.45, 2.75) is 69.4 Å². The minimum atomic E-state index is -5.11. The predicted octanol–water partition coefficient (Wildman–Crippen LogP) is 3.20. The maximum absolute atomic E-state index is 13.9. The average molecular weight is 687 g/mol. The number of nitrogens with zero attached hydrogens (tertiary/aromatic N) is 3. The van der Waals surface area contributed by atoms with Gasteiger partial charge >= 0.3 is 18.4 Å². The fourth-order valence-corrected chi connectivity index (χ4v) is 5.76. The van der Waals surface area contributed by atoms with Gasteiger partial charge in [0, 0.05) is 19.5 Å². The highest BCUT2D eigenvalue weighted by molar-refractivity contribution is 5.95. The topological polar surface area (TPSA) is 151 Å². The zero-order chi connectivity index (χ0) is 35.2. The first-order valence-electron chi connectivity index (χ1n) is 15.2. The molecule has 2 aliphatic heterocycles. The summed E-state index contributed by atoms with van der Waals surface area (Å²) in [5, 5.41) is 2.51. The number of halogens is 6. The normalized spacial score (nSPS) is 20.1. The number of hydrogen-bond donors (Lipinski definition) is 3. The van der Waals surface area contributed by atoms with Gasteiger partial charge in [-0.3, -0.25) is 19.3 Å². The quantitative estimate of drug-likeness (QED) is 0.243. The van der Waals surface area contributed by atoms with E-state index < -0.39 is 84.3 Å². The highest BCUT2D eigenvalue weighted by Gasteiger charge is 2.52. The number of unbranched alkanes of at least 4 members (excludes halogenated alkanes) is 1. The van der Waals surface area contributed by atoms with Crippen LogP contribution in [0.3, 0.4) is 0 Å². The van der Waals surface area contributed by atoms with Crippen molar-refractivity contribution in [1.29, 1.82) is 0 Å². The molecule has 3 atom stereocenters. The van der Waals surface area contributed by atoms with Crippen LogP contribution in [0.15, 0.2) is 48.5 Å². The van der Waals surface area contributed by atoms with Crippen molar-refractivity contribution in [2.75, 3.05) is 26.2 Å². The highest BCUT2D eigenvalue weighted by atomic mass is 19.4. The Labute approximate surface area is 272 Å². The molecule has 0 spiro atoms. The maximum Gasteiger partial charge on any atom is 0.416 e. The van der Waals surface area contributed by atoms with E-state index in [4.69, 9.17) is 16.2 Å². The molecule has 0 bridgehead atoms. The van der Waals surface area contributed by atoms with Gasteiger partial charge in [-0.2, -0.15) is 26.3 Å². The van der Waals surface area contributed by atoms with E-state index >= 15 is 0 Å². The largest absolute Gasteiger partial charge is 0.444 e. The van der Waals surface area contributed by atoms with Crippen molar-refractivity contribution in [3.63, 3.8) is 0 Å². The molecule has 5 N–H and O–H groups in total. The van der Waals surface area contributed by atoms with Gasteiger partial charge in [0.25, 0.3) is 0 Å². The number of hydrogen-bond acceptors (Lipinski definition) is 7. The summed E-state index contributed by atoms with van der Waals surface area (Å²) in [7, 11) is 0. The number of piperazine rings is 1. The number of carbonyl (C=O) groups excluding carboxylic acids is 4. The zero-order valence-electron chi connectivity index (χ0n) is 25.7. The van der Waals surface area contributed by atoms with Gasteiger partial charge in [0.1, 0.15) is 24.9 Å². The van der Waals surface area contributed by atoms with Gasteiger partial charge in [-0.15, -0.1) is 0 Å². The first kappa shape index (κ1) is 36.5. The van der Waals surface area contributed by atoms with Crippen LogP contribution in [-0.2, 0) is 44.6 Å². The molecule has 11 nitrogen and oxygen atoms in total. The summed E-state index contributed by atoms with van der Waals surface area (Å²) in [6.07, 6.45) is -11.6. The molecule has 4 amide bonds. The minimum Gasteiger partial charge on any atom is -0.444 e. The van der Waals surface area contributed by atoms with Gasteiger partial charge < -0.3 is 31.3 Å². The lowest BCUT2D eigenvalue weighted by Gasteiger charge is -2.53. The fraction of sp³-hybridized carbons (Fsp3) is 0.484. The molecule has 2 fully saturated rings. The molecule has 262 valence electrons. The zero-order valence-corrected chi connectivity index (χ0v) is 25.7. The fourth-order valence-electron chi connectivity index (χ4n) is 5.76. The van der Waals surface area contributed by atoms with Crippen LogP contribution in [0.4, 0.5) is 31.1 Å². The van der Waals surface area contributed by atoms with Crippen LogP contribution in [0.25, 0.3) is 0 Å². The summed E-state index contributed by atoms with van der Waals surface area (Å²) in [5.41, 5.74) is 8.14. The van der Waals surface area contributed by atoms with E-state index in [1.54, 1.807) is 30.3 Å². The van der Waals surface area contributed by atoms with E-state index in [2.05, 4.69) is 5.32 Å². The number of carbonyl (C=O) groups is 4. The van der Waals surface area contributed by atoms with Gasteiger partial charge in [0.05, 0.1) is 24.2 Å². The molecule has 0 aliphatic carbocycles. The monoisotopic (exact) mass is 686 g/mol. The third-order valence-electron chi connectivity index (χ3n) is 8.03. The Hall–Kier alpha value is -4.38. The molecule has 0 radical (unpaired) electrons. The number of nitrogens with one attached hydrogen (secondary N) is 1. The number of nitrogens with two attached hydrogens (primary N) is 2. The van der Waals surface area contributed by atoms with E-state index in [9.17, 15) is 45.5 Å². The second-order valence-corrected chi connectivity index (χ2v) is 11.5. The second-order valence-electron chi connectivity index (χ2n) is 11.5. The smallest absolute Gasteiger partial charge is 0.416 e. The van der Waals surface area contributed by atoms with Crippen LogP contribution in [0.2, 0.25) is 0 Å². The van der Waals surface area contributed by atoms with Crippen LogP contribution in [-0.4, -0.2) is 82.9 Å². The number of amides is 4. The van der Waals surface area contributed by atoms with Crippen molar-refractivity contribution in [3.8, 4) is 0 Å². The van der Waals surface area contributed by atoms with E-state index in [-0.39, 0.29) is 38.5 Å². The Bertz CT molecular complexity index is 1440. The van der Waals surface area contributed by atoms with Crippen molar-refractivity contribution >= 4 is 23.8 Å². The molecule has 2 aliphatic rings. The van der Waals surface area contributed by atoms with Crippen molar-refractivity contribution in [1.82, 2.24) is 20.0 Å². The Morgan fingerprint density at radius 3 is 2.08 bits per heavy atom. The Morgan fingerprint density at radius 1 is 0.854 bits per heavy atom. The summed E-state index contributed by atoms with van der Waals surface area (Å²) in [5.74, 6) is -1.67. The predicted molar refractivity (Wildman–Crippen MR) is 158 cm³/mol. The molecule has 2 aromatic carbocycles. The number of ether oxygens (including phenoxy) is 1. The van der Waals surface area contributed by atoms with Gasteiger partial charge in [-0.25, -0.2) is 4.79 Å². The molecule has 17 heteroatoms. The van der Waals surface area contributed by atoms with Gasteiger partial charge in [-0.05, 0) is 55.1 Å². The SMILES string of the molecule is NCCCC[C@H]1C(=O)N(Cc2ccccc2)CC2N(C(=O)OCc3cc(C(F)(F)F)cc(C(F)(F)F)c3)CC(NC(=O)CCN)C(=O)N21. The lowest BCUT2D eigenvalue weighted by atomic mass is 9.97. The lowest BCUT2D eigenvalue weighted by molar-refractivity contribution is -0.172. The van der Waals surface area contributed by atoms with E-state index in [0.717, 1.165) is 10.5 Å². The molecule has 0 saturated carbocycles. The molecule has 2 unspecified atom stereocenters. The average Bonchev–Trinajstić information content (AvgIpc) is 3.02. The molecule has 2 saturated heterocycles. The summed E-state index contributed by atoms with van der Waals surface area (Å²) in [6.45, 7) is -1.22. The first-order chi connectivity index (χ1) is 22.6. The number of benzene rings is 2. The minimum absolute atomic E-state index is 0.0424. The first-order valence-corrected chi connectivity index (χ1v) is 15.2. The van der Waals surface area contributed by atoms with Crippen molar-refractivity contribution in [3.05, 3.63) is 70.8 Å². The third-order valence-corrected chi connectivity index (χ3v) is 8.03. The summed E-state index contributed by atoms with van der Waals surface area (Å²) >= 11 is 0. The molecular formula is C31H36F6N6O5. The Kier molecular flexibility index (Phi) is 11.6. The van der Waals surface area contributed by atoms with Crippen LogP contribution in [0.1, 0.15) is 47.9 Å². The summed E-state index contributed by atoms with van der Waals surface area (Å²) in [4.78, 5) is 57.5. The van der Waals surface area contributed by atoms with Crippen LogP contribution in [0.5, 0.6) is 0 Å². The lowest BCUT2D eigenvalue weighted by Crippen LogP contribution is -2.75. The molecule has 0 aromatic heterocycles. The van der Waals surface area contributed by atoms with Crippen molar-refractivity contribution < 1.29 is 50.3 Å². The Morgan fingerprint density at radius 2 is 1.50 bits per heavy atom. The standard InChI is InChI=1S/C31H36F6N6O5/c32-30(33,34)21-12-20(13-22(14-21)31(35,36)37)18-48-29(47)42-16-23(40-25(44)9-11-39)27(45)43-24(8-4-5-10-38)28(46)41(17-26(42)43)15-19-6-2-1-3-7-19/h1-3,6-7,12-14,23-24,26H,4-5,8-11,15-18,38-39H2,(H,40,44)/t23?,24-,26?/m0/s1. The van der Waals surface area contributed by atoms with Gasteiger partial charge in [0.2, 0.25) is 17.7 Å². The summed E-state index contributed by atoms with van der Waals surface area (Å²) in [6, 6.07) is 7.33.